The van der Waals surface area contributed by atoms with Crippen LogP contribution in [-0.2, 0) is 4.79 Å². The number of amides is 1. The SMILES string of the molecule is CC12CCC(C(=O)O)(C/C1=N\NC(=O)c1ccc(F)cc1)C2(C)C. The van der Waals surface area contributed by atoms with E-state index < -0.39 is 28.5 Å². The lowest BCUT2D eigenvalue weighted by molar-refractivity contribution is -0.154. The number of halogens is 1. The Morgan fingerprint density at radius 3 is 2.33 bits per heavy atom. The van der Waals surface area contributed by atoms with Crippen LogP contribution in [0.15, 0.2) is 29.4 Å². The molecule has 0 spiro atoms. The summed E-state index contributed by atoms with van der Waals surface area (Å²) < 4.78 is 12.9. The quantitative estimate of drug-likeness (QED) is 0.834. The van der Waals surface area contributed by atoms with E-state index in [0.29, 0.717) is 18.4 Å². The van der Waals surface area contributed by atoms with Crippen LogP contribution in [0, 0.1) is 22.1 Å². The van der Waals surface area contributed by atoms with Crippen molar-refractivity contribution in [3.63, 3.8) is 0 Å². The summed E-state index contributed by atoms with van der Waals surface area (Å²) in [6.07, 6.45) is 1.70. The fourth-order valence-corrected chi connectivity index (χ4v) is 4.31. The first-order chi connectivity index (χ1) is 11.1. The Kier molecular flexibility index (Phi) is 3.55. The van der Waals surface area contributed by atoms with Crippen molar-refractivity contribution in [3.05, 3.63) is 35.6 Å². The molecule has 3 rings (SSSR count). The van der Waals surface area contributed by atoms with Gasteiger partial charge in [0, 0.05) is 23.1 Å². The van der Waals surface area contributed by atoms with E-state index in [9.17, 15) is 19.1 Å². The number of carboxylic acids is 1. The Bertz CT molecular complexity index is 741. The van der Waals surface area contributed by atoms with Crippen LogP contribution in [0.25, 0.3) is 0 Å². The Morgan fingerprint density at radius 1 is 1.17 bits per heavy atom. The van der Waals surface area contributed by atoms with Crippen molar-refractivity contribution in [2.24, 2.45) is 21.3 Å². The van der Waals surface area contributed by atoms with Gasteiger partial charge in [-0.2, -0.15) is 5.10 Å². The van der Waals surface area contributed by atoms with Crippen molar-refractivity contribution in [1.82, 2.24) is 5.43 Å². The van der Waals surface area contributed by atoms with E-state index >= 15 is 0 Å². The average molecular weight is 332 g/mol. The van der Waals surface area contributed by atoms with Gasteiger partial charge < -0.3 is 5.11 Å². The molecule has 24 heavy (non-hydrogen) atoms. The fraction of sp³-hybridized carbons (Fsp3) is 0.500. The van der Waals surface area contributed by atoms with Crippen molar-refractivity contribution in [3.8, 4) is 0 Å². The molecular weight excluding hydrogens is 311 g/mol. The maximum atomic E-state index is 12.9. The molecule has 6 heteroatoms. The standard InChI is InChI=1S/C18H21FN2O3/c1-16(2)17(3)8-9-18(16,15(23)24)10-13(17)20-21-14(22)11-4-6-12(19)7-5-11/h4-7H,8-10H2,1-3H3,(H,21,22)(H,23,24)/b20-13+. The number of carbonyl (C=O) groups excluding carboxylic acids is 1. The molecule has 2 saturated carbocycles. The molecule has 1 aromatic carbocycles. The van der Waals surface area contributed by atoms with Crippen LogP contribution in [0.5, 0.6) is 0 Å². The molecule has 0 aliphatic heterocycles. The van der Waals surface area contributed by atoms with Crippen LogP contribution in [0.3, 0.4) is 0 Å². The number of benzene rings is 1. The Labute approximate surface area is 139 Å². The summed E-state index contributed by atoms with van der Waals surface area (Å²) in [6, 6.07) is 5.19. The second-order valence-electron chi connectivity index (χ2n) is 7.53. The summed E-state index contributed by atoms with van der Waals surface area (Å²) in [6.45, 7) is 5.96. The van der Waals surface area contributed by atoms with Crippen molar-refractivity contribution in [2.75, 3.05) is 0 Å². The first kappa shape index (κ1) is 16.6. The number of aliphatic carboxylic acids is 1. The molecule has 0 aromatic heterocycles. The molecule has 2 N–H and O–H groups in total. The lowest BCUT2D eigenvalue weighted by Gasteiger charge is -2.37. The van der Waals surface area contributed by atoms with Crippen molar-refractivity contribution >= 4 is 17.6 Å². The number of carbonyl (C=O) groups is 2. The fourth-order valence-electron chi connectivity index (χ4n) is 4.31. The first-order valence-electron chi connectivity index (χ1n) is 8.00. The van der Waals surface area contributed by atoms with Crippen LogP contribution in [0.2, 0.25) is 0 Å². The van der Waals surface area contributed by atoms with Crippen molar-refractivity contribution in [2.45, 2.75) is 40.0 Å². The Morgan fingerprint density at radius 2 is 1.79 bits per heavy atom. The number of hydrazone groups is 1. The highest BCUT2D eigenvalue weighted by Gasteiger charge is 2.71. The monoisotopic (exact) mass is 332 g/mol. The predicted molar refractivity (Wildman–Crippen MR) is 87.1 cm³/mol. The zero-order valence-electron chi connectivity index (χ0n) is 14.0. The van der Waals surface area contributed by atoms with Crippen LogP contribution in [-0.4, -0.2) is 22.7 Å². The second kappa shape index (κ2) is 5.13. The van der Waals surface area contributed by atoms with Gasteiger partial charge >= 0.3 is 5.97 Å². The van der Waals surface area contributed by atoms with E-state index in [0.717, 1.165) is 12.1 Å². The molecule has 0 radical (unpaired) electrons. The largest absolute Gasteiger partial charge is 0.481 e. The summed E-state index contributed by atoms with van der Waals surface area (Å²) in [5.41, 5.74) is 1.89. The summed E-state index contributed by atoms with van der Waals surface area (Å²) in [4.78, 5) is 24.0. The molecule has 1 aromatic rings. The third kappa shape index (κ3) is 2.01. The predicted octanol–water partition coefficient (Wildman–Crippen LogP) is 3.21. The lowest BCUT2D eigenvalue weighted by atomic mass is 9.65. The third-order valence-corrected chi connectivity index (χ3v) is 6.54. The highest BCUT2D eigenvalue weighted by atomic mass is 19.1. The molecule has 2 fully saturated rings. The second-order valence-corrected chi connectivity index (χ2v) is 7.53. The van der Waals surface area contributed by atoms with Gasteiger partial charge in [0.25, 0.3) is 5.91 Å². The van der Waals surface area contributed by atoms with Crippen LogP contribution in [0.1, 0.15) is 50.4 Å². The smallest absolute Gasteiger partial charge is 0.310 e. The highest BCUT2D eigenvalue weighted by Crippen LogP contribution is 2.70. The molecule has 2 bridgehead atoms. The van der Waals surface area contributed by atoms with Gasteiger partial charge in [-0.25, -0.2) is 9.82 Å². The maximum absolute atomic E-state index is 12.9. The molecule has 2 aliphatic rings. The summed E-state index contributed by atoms with van der Waals surface area (Å²) in [7, 11) is 0. The zero-order chi connectivity index (χ0) is 17.8. The van der Waals surface area contributed by atoms with Crippen LogP contribution in [0.4, 0.5) is 4.39 Å². The van der Waals surface area contributed by atoms with Gasteiger partial charge in [-0.15, -0.1) is 0 Å². The molecular formula is C18H21FN2O3. The van der Waals surface area contributed by atoms with Gasteiger partial charge in [0.15, 0.2) is 0 Å². The van der Waals surface area contributed by atoms with E-state index in [4.69, 9.17) is 0 Å². The molecule has 0 saturated heterocycles. The van der Waals surface area contributed by atoms with E-state index in [1.165, 1.54) is 24.3 Å². The number of hydrogen-bond acceptors (Lipinski definition) is 3. The first-order valence-corrected chi connectivity index (χ1v) is 8.00. The van der Waals surface area contributed by atoms with Gasteiger partial charge in [-0.1, -0.05) is 20.8 Å². The minimum atomic E-state index is -0.832. The van der Waals surface area contributed by atoms with Crippen LogP contribution >= 0.6 is 0 Å². The number of carboxylic acid groups (broad SMARTS) is 1. The van der Waals surface area contributed by atoms with E-state index in [1.807, 2.05) is 20.8 Å². The number of rotatable bonds is 3. The molecule has 128 valence electrons. The van der Waals surface area contributed by atoms with E-state index in [1.54, 1.807) is 0 Å². The summed E-state index contributed by atoms with van der Waals surface area (Å²) in [5, 5.41) is 14.0. The number of hydrogen-bond donors (Lipinski definition) is 2. The third-order valence-electron chi connectivity index (χ3n) is 6.54. The van der Waals surface area contributed by atoms with Gasteiger partial charge in [-0.05, 0) is 42.5 Å². The van der Waals surface area contributed by atoms with E-state index in [-0.39, 0.29) is 5.41 Å². The zero-order valence-corrected chi connectivity index (χ0v) is 14.0. The number of fused-ring (bicyclic) bond motifs is 2. The summed E-state index contributed by atoms with van der Waals surface area (Å²) >= 11 is 0. The van der Waals surface area contributed by atoms with Crippen molar-refractivity contribution < 1.29 is 19.1 Å². The maximum Gasteiger partial charge on any atom is 0.310 e. The average Bonchev–Trinajstić information content (AvgIpc) is 2.83. The normalized spacial score (nSPS) is 32.1. The molecule has 1 amide bonds. The topological polar surface area (TPSA) is 78.8 Å². The Hall–Kier alpha value is -2.24. The van der Waals surface area contributed by atoms with E-state index in [2.05, 4.69) is 10.5 Å². The highest BCUT2D eigenvalue weighted by molar-refractivity contribution is 6.02. The van der Waals surface area contributed by atoms with Gasteiger partial charge in [0.1, 0.15) is 5.82 Å². The molecule has 5 nitrogen and oxygen atoms in total. The van der Waals surface area contributed by atoms with Crippen LogP contribution < -0.4 is 5.43 Å². The molecule has 0 heterocycles. The lowest BCUT2D eigenvalue weighted by Crippen LogP contribution is -2.40. The number of nitrogens with zero attached hydrogens (tertiary/aromatic N) is 1. The Balaban J connectivity index is 1.86. The number of nitrogens with one attached hydrogen (secondary N) is 1. The molecule has 2 unspecified atom stereocenters. The van der Waals surface area contributed by atoms with Gasteiger partial charge in [-0.3, -0.25) is 9.59 Å². The molecule has 2 atom stereocenters. The van der Waals surface area contributed by atoms with Crippen molar-refractivity contribution in [1.29, 1.82) is 0 Å². The minimum Gasteiger partial charge on any atom is -0.481 e. The van der Waals surface area contributed by atoms with Gasteiger partial charge in [0.2, 0.25) is 0 Å². The molecule has 2 aliphatic carbocycles. The summed E-state index contributed by atoms with van der Waals surface area (Å²) in [5.74, 6) is -1.65. The minimum absolute atomic E-state index is 0.307. The van der Waals surface area contributed by atoms with Gasteiger partial charge in [0.05, 0.1) is 5.41 Å².